The molecular weight excluding hydrogens is 538 g/mol. The molecule has 1 heterocycles. The van der Waals surface area contributed by atoms with Gasteiger partial charge in [-0.2, -0.15) is 0 Å². The lowest BCUT2D eigenvalue weighted by Crippen LogP contribution is -2.77. The van der Waals surface area contributed by atoms with Crippen molar-refractivity contribution in [1.29, 1.82) is 0 Å². The molecule has 6 fully saturated rings. The molecular formula is C33H47NO8. The third-order valence-electron chi connectivity index (χ3n) is 12.7. The standard InChI is InChI=1S/C33H47NO8/c1-19(35)42-32-15-23(39-5)31(36)14-21(24(32)29(31)41-16-20-10-8-7-9-11-20)33-22(38-4)12-13-30(18-37-3)17-34(2)28(33)25(32)26(40-6)27(30)33/h7-11,21-29,36H,12-18H2,1-6H3/t21-,22-,23-,24+,25+,26-,27-,28?,29+,30+,31+,32+,33?/m0/s1. The van der Waals surface area contributed by atoms with Gasteiger partial charge in [0.1, 0.15) is 11.2 Å². The molecule has 1 aliphatic heterocycles. The Morgan fingerprint density at radius 3 is 2.40 bits per heavy atom. The quantitative estimate of drug-likeness (QED) is 0.439. The number of rotatable bonds is 9. The van der Waals surface area contributed by atoms with Gasteiger partial charge < -0.3 is 38.4 Å². The van der Waals surface area contributed by atoms with Crippen LogP contribution < -0.4 is 0 Å². The van der Waals surface area contributed by atoms with Crippen molar-refractivity contribution >= 4 is 5.97 Å². The summed E-state index contributed by atoms with van der Waals surface area (Å²) in [4.78, 5) is 15.6. The summed E-state index contributed by atoms with van der Waals surface area (Å²) < 4.78 is 38.7. The maximum absolute atomic E-state index is 13.1. The minimum absolute atomic E-state index is 0.0380. The molecule has 7 bridgehead atoms. The molecule has 0 amide bonds. The zero-order chi connectivity index (χ0) is 29.7. The zero-order valence-corrected chi connectivity index (χ0v) is 25.8. The monoisotopic (exact) mass is 585 g/mol. The highest BCUT2D eigenvalue weighted by Crippen LogP contribution is 2.80. The molecule has 1 aromatic carbocycles. The van der Waals surface area contributed by atoms with E-state index in [1.807, 2.05) is 44.6 Å². The van der Waals surface area contributed by atoms with Crippen LogP contribution in [0, 0.1) is 34.5 Å². The van der Waals surface area contributed by atoms with Crippen molar-refractivity contribution in [1.82, 2.24) is 4.90 Å². The summed E-state index contributed by atoms with van der Waals surface area (Å²) in [5.41, 5.74) is -1.64. The fourth-order valence-corrected chi connectivity index (χ4v) is 12.2. The lowest BCUT2D eigenvalue weighted by atomic mass is 9.43. The molecule has 1 saturated heterocycles. The van der Waals surface area contributed by atoms with E-state index in [4.69, 9.17) is 28.4 Å². The van der Waals surface area contributed by atoms with Crippen LogP contribution in [0.4, 0.5) is 0 Å². The van der Waals surface area contributed by atoms with Gasteiger partial charge in [0.15, 0.2) is 0 Å². The van der Waals surface area contributed by atoms with Crippen molar-refractivity contribution in [3.05, 3.63) is 35.9 Å². The highest BCUT2D eigenvalue weighted by atomic mass is 16.6. The number of benzene rings is 1. The SMILES string of the molecule is COC[C@]12CC[C@H](OC)C34C([C@@H]([C@H](OC)[C@H]31)[C@@]1(OC(C)=O)C[C@H](OC)[C@]3(O)C[C@H]4[C@@H]1[C@H]3OCc1ccccc1)N(C)C2. The second-order valence-corrected chi connectivity index (χ2v) is 14.1. The summed E-state index contributed by atoms with van der Waals surface area (Å²) in [6.45, 7) is 3.35. The van der Waals surface area contributed by atoms with E-state index >= 15 is 0 Å². The Morgan fingerprint density at radius 1 is 1.02 bits per heavy atom. The summed E-state index contributed by atoms with van der Waals surface area (Å²) in [6.07, 6.45) is 1.40. The second-order valence-electron chi connectivity index (χ2n) is 14.1. The molecule has 13 atom stereocenters. The number of carbonyl (C=O) groups is 1. The molecule has 9 nitrogen and oxygen atoms in total. The molecule has 0 aromatic heterocycles. The van der Waals surface area contributed by atoms with Crippen LogP contribution in [0.15, 0.2) is 30.3 Å². The van der Waals surface area contributed by atoms with Crippen LogP contribution in [-0.4, -0.2) is 106 Å². The van der Waals surface area contributed by atoms with Gasteiger partial charge in [-0.1, -0.05) is 30.3 Å². The average molecular weight is 586 g/mol. The van der Waals surface area contributed by atoms with Crippen LogP contribution in [0.1, 0.15) is 38.2 Å². The first kappa shape index (κ1) is 29.1. The number of aliphatic hydroxyl groups is 1. The summed E-state index contributed by atoms with van der Waals surface area (Å²) in [5, 5.41) is 12.7. The highest BCUT2D eigenvalue weighted by Gasteiger charge is 2.89. The Labute approximate surface area is 249 Å². The summed E-state index contributed by atoms with van der Waals surface area (Å²) >= 11 is 0. The van der Waals surface area contributed by atoms with E-state index in [0.29, 0.717) is 26.1 Å². The van der Waals surface area contributed by atoms with Gasteiger partial charge in [0.05, 0.1) is 37.6 Å². The molecule has 5 aliphatic carbocycles. The second kappa shape index (κ2) is 9.96. The van der Waals surface area contributed by atoms with Crippen molar-refractivity contribution < 1.29 is 38.3 Å². The molecule has 9 heteroatoms. The number of hydrogen-bond acceptors (Lipinski definition) is 9. The number of likely N-dealkylation sites (tertiary alicyclic amines) is 1. The molecule has 42 heavy (non-hydrogen) atoms. The minimum atomic E-state index is -1.24. The van der Waals surface area contributed by atoms with Gasteiger partial charge in [-0.05, 0) is 37.8 Å². The highest BCUT2D eigenvalue weighted by molar-refractivity contribution is 5.67. The number of methoxy groups -OCH3 is 4. The first-order valence-electron chi connectivity index (χ1n) is 15.5. The fraction of sp³-hybridized carbons (Fsp3) is 0.788. The van der Waals surface area contributed by atoms with Gasteiger partial charge in [-0.3, -0.25) is 4.79 Å². The van der Waals surface area contributed by atoms with Crippen LogP contribution in [0.2, 0.25) is 0 Å². The zero-order valence-electron chi connectivity index (χ0n) is 25.8. The van der Waals surface area contributed by atoms with Crippen LogP contribution in [-0.2, 0) is 39.8 Å². The third-order valence-corrected chi connectivity index (χ3v) is 12.7. The van der Waals surface area contributed by atoms with Crippen molar-refractivity contribution in [2.75, 3.05) is 48.6 Å². The Balaban J connectivity index is 1.46. The number of esters is 1. The largest absolute Gasteiger partial charge is 0.458 e. The van der Waals surface area contributed by atoms with Crippen molar-refractivity contribution in [3.63, 3.8) is 0 Å². The molecule has 0 radical (unpaired) electrons. The minimum Gasteiger partial charge on any atom is -0.458 e. The van der Waals surface area contributed by atoms with Gasteiger partial charge >= 0.3 is 5.97 Å². The fourth-order valence-electron chi connectivity index (χ4n) is 12.2. The smallest absolute Gasteiger partial charge is 0.303 e. The van der Waals surface area contributed by atoms with Crippen LogP contribution in [0.5, 0.6) is 0 Å². The predicted octanol–water partition coefficient (Wildman–Crippen LogP) is 2.68. The first-order chi connectivity index (χ1) is 20.2. The van der Waals surface area contributed by atoms with Crippen molar-refractivity contribution in [2.45, 2.75) is 80.9 Å². The Hall–Kier alpha value is -1.59. The third kappa shape index (κ3) is 3.42. The number of ether oxygens (including phenoxy) is 6. The van der Waals surface area contributed by atoms with Crippen LogP contribution in [0.25, 0.3) is 0 Å². The molecule has 5 saturated carbocycles. The summed E-state index contributed by atoms with van der Waals surface area (Å²) in [6, 6.07) is 10.1. The Kier molecular flexibility index (Phi) is 6.91. The van der Waals surface area contributed by atoms with E-state index in [1.165, 1.54) is 6.92 Å². The van der Waals surface area contributed by atoms with Gasteiger partial charge in [0.2, 0.25) is 0 Å². The topological polar surface area (TPSA) is 95.9 Å². The van der Waals surface area contributed by atoms with E-state index in [1.54, 1.807) is 14.2 Å². The normalized spacial score (nSPS) is 50.1. The van der Waals surface area contributed by atoms with E-state index in [9.17, 15) is 9.90 Å². The van der Waals surface area contributed by atoms with E-state index in [-0.39, 0.29) is 58.7 Å². The van der Waals surface area contributed by atoms with Gasteiger partial charge in [0, 0.05) is 83.0 Å². The number of piperidine rings is 1. The van der Waals surface area contributed by atoms with Gasteiger partial charge in [-0.25, -0.2) is 0 Å². The summed E-state index contributed by atoms with van der Waals surface area (Å²) in [7, 11) is 9.29. The Morgan fingerprint density at radius 2 is 1.76 bits per heavy atom. The maximum atomic E-state index is 13.1. The van der Waals surface area contributed by atoms with E-state index in [2.05, 4.69) is 11.9 Å². The lowest BCUT2D eigenvalue weighted by molar-refractivity contribution is -0.292. The van der Waals surface area contributed by atoms with Crippen LogP contribution in [0.3, 0.4) is 0 Å². The molecule has 1 N–H and O–H groups in total. The van der Waals surface area contributed by atoms with E-state index < -0.39 is 23.4 Å². The Bertz CT molecular complexity index is 1200. The van der Waals surface area contributed by atoms with Crippen molar-refractivity contribution in [3.8, 4) is 0 Å². The van der Waals surface area contributed by atoms with Gasteiger partial charge in [0.25, 0.3) is 0 Å². The molecule has 1 spiro atoms. The molecule has 232 valence electrons. The summed E-state index contributed by atoms with van der Waals surface area (Å²) in [5.74, 6) is -0.650. The lowest BCUT2D eigenvalue weighted by Gasteiger charge is -2.69. The first-order valence-corrected chi connectivity index (χ1v) is 15.5. The molecule has 7 rings (SSSR count). The molecule has 6 aliphatic rings. The number of nitrogens with zero attached hydrogens (tertiary/aromatic N) is 1. The number of hydrogen-bond donors (Lipinski definition) is 1. The van der Waals surface area contributed by atoms with E-state index in [0.717, 1.165) is 24.9 Å². The molecule has 1 aromatic rings. The van der Waals surface area contributed by atoms with Crippen LogP contribution >= 0.6 is 0 Å². The number of carbonyl (C=O) groups excluding carboxylic acids is 1. The van der Waals surface area contributed by atoms with Crippen molar-refractivity contribution in [2.24, 2.45) is 34.5 Å². The predicted molar refractivity (Wildman–Crippen MR) is 152 cm³/mol. The molecule has 2 unspecified atom stereocenters. The van der Waals surface area contributed by atoms with Gasteiger partial charge in [-0.15, -0.1) is 0 Å². The maximum Gasteiger partial charge on any atom is 0.303 e. The average Bonchev–Trinajstić information content (AvgIpc) is 3.37. The number of fused-ring (bicyclic) bond motifs is 2.